The second-order valence-electron chi connectivity index (χ2n) is 5.89. The van der Waals surface area contributed by atoms with Crippen LogP contribution in [0.4, 0.5) is 4.79 Å². The number of nitrogens with one attached hydrogen (secondary N) is 1. The molecule has 0 bridgehead atoms. The first kappa shape index (κ1) is 16.7. The van der Waals surface area contributed by atoms with Gasteiger partial charge in [-0.25, -0.2) is 4.79 Å². The second kappa shape index (κ2) is 6.20. The minimum absolute atomic E-state index is 0.0618. The normalized spacial score (nSPS) is 20.7. The molecule has 5 amide bonds. The van der Waals surface area contributed by atoms with Gasteiger partial charge in [0, 0.05) is 19.4 Å². The number of carbonyl (C=O) groups is 4. The van der Waals surface area contributed by atoms with Crippen LogP contribution in [0.15, 0.2) is 24.3 Å². The zero-order valence-electron chi connectivity index (χ0n) is 13.1. The summed E-state index contributed by atoms with van der Waals surface area (Å²) in [6.07, 6.45) is -0.100. The van der Waals surface area contributed by atoms with Crippen LogP contribution in [0.2, 0.25) is 0 Å². The molecule has 1 aromatic carbocycles. The van der Waals surface area contributed by atoms with Gasteiger partial charge >= 0.3 is 6.03 Å². The van der Waals surface area contributed by atoms with Gasteiger partial charge in [-0.05, 0) is 19.4 Å². The van der Waals surface area contributed by atoms with Crippen molar-refractivity contribution in [3.63, 3.8) is 0 Å². The summed E-state index contributed by atoms with van der Waals surface area (Å²) in [5, 5.41) is 1.91. The first-order valence-corrected chi connectivity index (χ1v) is 7.25. The summed E-state index contributed by atoms with van der Waals surface area (Å²) >= 11 is 0. The van der Waals surface area contributed by atoms with Crippen molar-refractivity contribution in [3.8, 4) is 0 Å². The van der Waals surface area contributed by atoms with Crippen molar-refractivity contribution >= 4 is 23.8 Å². The third-order valence-corrected chi connectivity index (χ3v) is 4.04. The van der Waals surface area contributed by atoms with E-state index in [1.165, 1.54) is 0 Å². The predicted molar refractivity (Wildman–Crippen MR) is 82.2 cm³/mol. The van der Waals surface area contributed by atoms with Crippen molar-refractivity contribution in [2.75, 3.05) is 6.54 Å². The Morgan fingerprint density at radius 1 is 1.26 bits per heavy atom. The van der Waals surface area contributed by atoms with Crippen LogP contribution >= 0.6 is 0 Å². The molecule has 7 nitrogen and oxygen atoms in total. The number of carbonyl (C=O) groups excluding carboxylic acids is 4. The molecule has 1 aromatic rings. The van der Waals surface area contributed by atoms with Crippen molar-refractivity contribution in [3.05, 3.63) is 35.4 Å². The van der Waals surface area contributed by atoms with Crippen molar-refractivity contribution < 1.29 is 19.2 Å². The number of imide groups is 2. The lowest BCUT2D eigenvalue weighted by Crippen LogP contribution is -2.40. The molecule has 0 unspecified atom stereocenters. The first-order chi connectivity index (χ1) is 10.7. The van der Waals surface area contributed by atoms with Crippen LogP contribution in [0.3, 0.4) is 0 Å². The summed E-state index contributed by atoms with van der Waals surface area (Å²) in [6, 6.07) is 6.49. The fourth-order valence-electron chi connectivity index (χ4n) is 2.67. The standard InChI is InChI=1S/C16H19N3O4/c1-10-3-5-11(6-4-10)16(2)9-13(21)19(14(16)22)8-7-12(20)18-15(17)23/h3-6H,7-9H2,1-2H3,(H3,17,18,20,23)/t16-/m1/s1. The first-order valence-electron chi connectivity index (χ1n) is 7.25. The number of urea groups is 1. The Labute approximate surface area is 133 Å². The minimum Gasteiger partial charge on any atom is -0.351 e. The quantitative estimate of drug-likeness (QED) is 0.792. The Balaban J connectivity index is 2.11. The summed E-state index contributed by atoms with van der Waals surface area (Å²) in [4.78, 5) is 47.9. The van der Waals surface area contributed by atoms with E-state index >= 15 is 0 Å². The van der Waals surface area contributed by atoms with Crippen LogP contribution in [0, 0.1) is 6.92 Å². The summed E-state index contributed by atoms with van der Waals surface area (Å²) < 4.78 is 0. The van der Waals surface area contributed by atoms with E-state index in [2.05, 4.69) is 0 Å². The maximum absolute atomic E-state index is 12.6. The molecule has 122 valence electrons. The molecule has 1 aliphatic heterocycles. The molecule has 0 aromatic heterocycles. The number of primary amides is 1. The van der Waals surface area contributed by atoms with E-state index in [1.807, 2.05) is 36.5 Å². The number of hydrogen-bond donors (Lipinski definition) is 2. The zero-order chi connectivity index (χ0) is 17.2. The molecule has 23 heavy (non-hydrogen) atoms. The van der Waals surface area contributed by atoms with Crippen molar-refractivity contribution in [2.45, 2.75) is 32.1 Å². The van der Waals surface area contributed by atoms with E-state index in [0.29, 0.717) is 0 Å². The molecule has 0 spiro atoms. The third-order valence-electron chi connectivity index (χ3n) is 4.04. The maximum atomic E-state index is 12.6. The van der Waals surface area contributed by atoms with Crippen LogP contribution in [-0.4, -0.2) is 35.2 Å². The highest BCUT2D eigenvalue weighted by Gasteiger charge is 2.49. The highest BCUT2D eigenvalue weighted by atomic mass is 16.2. The average Bonchev–Trinajstić information content (AvgIpc) is 2.68. The van der Waals surface area contributed by atoms with Gasteiger partial charge in [0.25, 0.3) is 0 Å². The molecule has 0 saturated carbocycles. The van der Waals surface area contributed by atoms with Gasteiger partial charge in [-0.2, -0.15) is 0 Å². The van der Waals surface area contributed by atoms with Gasteiger partial charge < -0.3 is 5.73 Å². The van der Waals surface area contributed by atoms with Crippen LogP contribution in [0.1, 0.15) is 30.9 Å². The third kappa shape index (κ3) is 3.39. The largest absolute Gasteiger partial charge is 0.351 e. The minimum atomic E-state index is -0.960. The van der Waals surface area contributed by atoms with Crippen LogP contribution in [-0.2, 0) is 19.8 Å². The van der Waals surface area contributed by atoms with Crippen LogP contribution in [0.25, 0.3) is 0 Å². The number of nitrogens with two attached hydrogens (primary N) is 1. The summed E-state index contributed by atoms with van der Waals surface area (Å²) in [5.41, 5.74) is 5.75. The lowest BCUT2D eigenvalue weighted by atomic mass is 9.81. The van der Waals surface area contributed by atoms with E-state index in [0.717, 1.165) is 16.0 Å². The maximum Gasteiger partial charge on any atom is 0.318 e. The molecule has 1 atom stereocenters. The van der Waals surface area contributed by atoms with E-state index in [4.69, 9.17) is 5.73 Å². The Morgan fingerprint density at radius 3 is 2.43 bits per heavy atom. The second-order valence-corrected chi connectivity index (χ2v) is 5.89. The zero-order valence-corrected chi connectivity index (χ0v) is 13.1. The Bertz CT molecular complexity index is 668. The molecule has 0 radical (unpaired) electrons. The Morgan fingerprint density at radius 2 is 1.87 bits per heavy atom. The number of rotatable bonds is 4. The molecule has 7 heteroatoms. The van der Waals surface area contributed by atoms with Gasteiger partial charge in [0.05, 0.1) is 5.41 Å². The van der Waals surface area contributed by atoms with Crippen molar-refractivity contribution in [1.82, 2.24) is 10.2 Å². The van der Waals surface area contributed by atoms with Crippen molar-refractivity contribution in [1.29, 1.82) is 0 Å². The fraction of sp³-hybridized carbons (Fsp3) is 0.375. The topological polar surface area (TPSA) is 110 Å². The number of aryl methyl sites for hydroxylation is 1. The summed E-state index contributed by atoms with van der Waals surface area (Å²) in [6.45, 7) is 3.59. The lowest BCUT2D eigenvalue weighted by Gasteiger charge is -2.22. The molecule has 1 heterocycles. The monoisotopic (exact) mass is 317 g/mol. The highest BCUT2D eigenvalue weighted by molar-refractivity contribution is 6.09. The molecule has 1 fully saturated rings. The van der Waals surface area contributed by atoms with E-state index in [-0.39, 0.29) is 31.2 Å². The molecular weight excluding hydrogens is 298 g/mol. The van der Waals surface area contributed by atoms with E-state index < -0.39 is 17.4 Å². The van der Waals surface area contributed by atoms with Crippen LogP contribution < -0.4 is 11.1 Å². The summed E-state index contributed by atoms with van der Waals surface area (Å²) in [7, 11) is 0. The van der Waals surface area contributed by atoms with E-state index in [1.54, 1.807) is 6.92 Å². The fourth-order valence-corrected chi connectivity index (χ4v) is 2.67. The highest BCUT2D eigenvalue weighted by Crippen LogP contribution is 2.36. The van der Waals surface area contributed by atoms with Gasteiger partial charge in [0.15, 0.2) is 0 Å². The molecular formula is C16H19N3O4. The number of likely N-dealkylation sites (tertiary alicyclic amines) is 1. The molecule has 2 rings (SSSR count). The van der Waals surface area contributed by atoms with E-state index in [9.17, 15) is 19.2 Å². The number of nitrogens with zero attached hydrogens (tertiary/aromatic N) is 1. The molecule has 1 saturated heterocycles. The smallest absolute Gasteiger partial charge is 0.318 e. The number of benzene rings is 1. The van der Waals surface area contributed by atoms with Crippen LogP contribution in [0.5, 0.6) is 0 Å². The van der Waals surface area contributed by atoms with Gasteiger partial charge in [-0.3, -0.25) is 24.6 Å². The molecule has 3 N–H and O–H groups in total. The molecule has 0 aliphatic carbocycles. The number of hydrogen-bond acceptors (Lipinski definition) is 4. The van der Waals surface area contributed by atoms with Crippen molar-refractivity contribution in [2.24, 2.45) is 5.73 Å². The summed E-state index contributed by atoms with van der Waals surface area (Å²) in [5.74, 6) is -1.29. The van der Waals surface area contributed by atoms with Gasteiger partial charge in [0.2, 0.25) is 17.7 Å². The Hall–Kier alpha value is -2.70. The number of amides is 5. The van der Waals surface area contributed by atoms with Gasteiger partial charge in [0.1, 0.15) is 0 Å². The molecule has 1 aliphatic rings. The van der Waals surface area contributed by atoms with Gasteiger partial charge in [-0.1, -0.05) is 29.8 Å². The Kier molecular flexibility index (Phi) is 4.49. The average molecular weight is 317 g/mol. The van der Waals surface area contributed by atoms with Gasteiger partial charge in [-0.15, -0.1) is 0 Å². The predicted octanol–water partition coefficient (Wildman–Crippen LogP) is 0.597. The lowest BCUT2D eigenvalue weighted by molar-refractivity contribution is -0.140. The SMILES string of the molecule is Cc1ccc([C@@]2(C)CC(=O)N(CCC(=O)NC(N)=O)C2=O)cc1.